The highest BCUT2D eigenvalue weighted by Crippen LogP contribution is 2.27. The summed E-state index contributed by atoms with van der Waals surface area (Å²) >= 11 is 0. The number of carbonyl (C=O) groups excluding carboxylic acids is 1. The number of amides is 1. The molecule has 24 heavy (non-hydrogen) atoms. The minimum absolute atomic E-state index is 0.0988. The molecule has 1 aliphatic rings. The summed E-state index contributed by atoms with van der Waals surface area (Å²) < 4.78 is 29.4. The van der Waals surface area contributed by atoms with Crippen molar-refractivity contribution in [1.29, 1.82) is 0 Å². The minimum Gasteiger partial charge on any atom is -0.484 e. The van der Waals surface area contributed by atoms with Crippen molar-refractivity contribution in [3.05, 3.63) is 53.6 Å². The Morgan fingerprint density at radius 3 is 2.67 bits per heavy atom. The van der Waals surface area contributed by atoms with Gasteiger partial charge in [0.1, 0.15) is 5.75 Å². The lowest BCUT2D eigenvalue weighted by Gasteiger charge is -2.17. The number of rotatable bonds is 4. The Bertz CT molecular complexity index is 857. The molecule has 1 heterocycles. The molecule has 5 nitrogen and oxygen atoms in total. The van der Waals surface area contributed by atoms with Crippen LogP contribution in [0.5, 0.6) is 5.75 Å². The first-order chi connectivity index (χ1) is 11.4. The highest BCUT2D eigenvalue weighted by Gasteiger charge is 2.23. The van der Waals surface area contributed by atoms with Gasteiger partial charge in [-0.2, -0.15) is 0 Å². The first-order valence-electron chi connectivity index (χ1n) is 7.79. The number of nitrogens with one attached hydrogen (secondary N) is 1. The van der Waals surface area contributed by atoms with Gasteiger partial charge in [0.2, 0.25) is 0 Å². The number of anilines is 1. The number of ether oxygens (including phenoxy) is 1. The van der Waals surface area contributed by atoms with E-state index in [2.05, 4.69) is 5.32 Å². The zero-order valence-corrected chi connectivity index (χ0v) is 14.2. The van der Waals surface area contributed by atoms with E-state index < -0.39 is 9.84 Å². The molecule has 1 aliphatic heterocycles. The third-order valence-electron chi connectivity index (χ3n) is 3.93. The molecule has 126 valence electrons. The number of sulfone groups is 1. The summed E-state index contributed by atoms with van der Waals surface area (Å²) in [7, 11) is -3.17. The summed E-state index contributed by atoms with van der Waals surface area (Å²) in [6.07, 6.45) is 1.32. The average Bonchev–Trinajstić information content (AvgIpc) is 2.54. The van der Waals surface area contributed by atoms with E-state index in [1.165, 1.54) is 0 Å². The number of fused-ring (bicyclic) bond motifs is 1. The van der Waals surface area contributed by atoms with Gasteiger partial charge in [-0.3, -0.25) is 4.79 Å². The SMILES string of the molecule is Cc1ccc(OCC(=O)Nc2ccc3c(c2)CCCS3(=O)=O)cc1. The Morgan fingerprint density at radius 2 is 1.92 bits per heavy atom. The van der Waals surface area contributed by atoms with Crippen molar-refractivity contribution in [2.24, 2.45) is 0 Å². The molecule has 1 N–H and O–H groups in total. The maximum Gasteiger partial charge on any atom is 0.262 e. The van der Waals surface area contributed by atoms with Crippen LogP contribution < -0.4 is 10.1 Å². The van der Waals surface area contributed by atoms with Crippen molar-refractivity contribution in [2.45, 2.75) is 24.7 Å². The Morgan fingerprint density at radius 1 is 1.17 bits per heavy atom. The summed E-state index contributed by atoms with van der Waals surface area (Å²) in [5, 5.41) is 2.74. The Balaban J connectivity index is 1.63. The highest BCUT2D eigenvalue weighted by atomic mass is 32.2. The molecule has 0 saturated heterocycles. The third kappa shape index (κ3) is 3.76. The lowest BCUT2D eigenvalue weighted by atomic mass is 10.1. The van der Waals surface area contributed by atoms with Gasteiger partial charge in [-0.1, -0.05) is 17.7 Å². The smallest absolute Gasteiger partial charge is 0.262 e. The molecule has 0 radical (unpaired) electrons. The fourth-order valence-electron chi connectivity index (χ4n) is 2.70. The van der Waals surface area contributed by atoms with Crippen molar-refractivity contribution in [3.63, 3.8) is 0 Å². The molecule has 6 heteroatoms. The van der Waals surface area contributed by atoms with Gasteiger partial charge in [0.25, 0.3) is 5.91 Å². The van der Waals surface area contributed by atoms with Crippen molar-refractivity contribution in [3.8, 4) is 5.75 Å². The lowest BCUT2D eigenvalue weighted by molar-refractivity contribution is -0.118. The first-order valence-corrected chi connectivity index (χ1v) is 9.44. The minimum atomic E-state index is -3.17. The van der Waals surface area contributed by atoms with Crippen LogP contribution in [0.15, 0.2) is 47.4 Å². The van der Waals surface area contributed by atoms with Crippen LogP contribution in [0.3, 0.4) is 0 Å². The fourth-order valence-corrected chi connectivity index (χ4v) is 4.28. The lowest BCUT2D eigenvalue weighted by Crippen LogP contribution is -2.21. The van der Waals surface area contributed by atoms with Crippen molar-refractivity contribution >= 4 is 21.4 Å². The molecule has 2 aromatic carbocycles. The molecule has 0 aliphatic carbocycles. The molecule has 0 spiro atoms. The second-order valence-electron chi connectivity index (χ2n) is 5.89. The summed E-state index contributed by atoms with van der Waals surface area (Å²) in [6, 6.07) is 12.4. The fraction of sp³-hybridized carbons (Fsp3) is 0.278. The van der Waals surface area contributed by atoms with Gasteiger partial charge in [-0.15, -0.1) is 0 Å². The highest BCUT2D eigenvalue weighted by molar-refractivity contribution is 7.91. The molecule has 0 bridgehead atoms. The van der Waals surface area contributed by atoms with E-state index in [1.807, 2.05) is 31.2 Å². The third-order valence-corrected chi connectivity index (χ3v) is 5.82. The second kappa shape index (κ2) is 6.65. The van der Waals surface area contributed by atoms with Crippen LogP contribution in [-0.2, 0) is 21.1 Å². The topological polar surface area (TPSA) is 72.5 Å². The number of benzene rings is 2. The maximum atomic E-state index is 12.0. The van der Waals surface area contributed by atoms with Gasteiger partial charge in [0.15, 0.2) is 16.4 Å². The Labute approximate surface area is 141 Å². The van der Waals surface area contributed by atoms with Crippen molar-refractivity contribution in [2.75, 3.05) is 17.7 Å². The van der Waals surface area contributed by atoms with E-state index in [9.17, 15) is 13.2 Å². The molecular formula is C18H19NO4S. The molecule has 0 fully saturated rings. The molecule has 0 unspecified atom stereocenters. The van der Waals surface area contributed by atoms with Gasteiger partial charge in [-0.25, -0.2) is 8.42 Å². The quantitative estimate of drug-likeness (QED) is 0.925. The molecule has 0 saturated carbocycles. The molecular weight excluding hydrogens is 326 g/mol. The van der Waals surface area contributed by atoms with Crippen molar-refractivity contribution in [1.82, 2.24) is 0 Å². The number of hydrogen-bond acceptors (Lipinski definition) is 4. The number of aryl methyl sites for hydroxylation is 2. The maximum absolute atomic E-state index is 12.0. The van der Waals surface area contributed by atoms with E-state index in [1.54, 1.807) is 18.2 Å². The zero-order valence-electron chi connectivity index (χ0n) is 13.4. The predicted octanol–water partition coefficient (Wildman–Crippen LogP) is 2.73. The van der Waals surface area contributed by atoms with Crippen LogP contribution in [0.2, 0.25) is 0 Å². The number of carbonyl (C=O) groups is 1. The van der Waals surface area contributed by atoms with Gasteiger partial charge in [0.05, 0.1) is 10.6 Å². The molecule has 1 amide bonds. The van der Waals surface area contributed by atoms with E-state index in [4.69, 9.17) is 4.74 Å². The standard InChI is InChI=1S/C18H19NO4S/c1-13-4-7-16(8-5-13)23-12-18(20)19-15-6-9-17-14(11-15)3-2-10-24(17,21)22/h4-9,11H,2-3,10,12H2,1H3,(H,19,20). The largest absolute Gasteiger partial charge is 0.484 e. The van der Waals surface area contributed by atoms with E-state index >= 15 is 0 Å². The predicted molar refractivity (Wildman–Crippen MR) is 92.1 cm³/mol. The molecule has 2 aromatic rings. The van der Waals surface area contributed by atoms with E-state index in [-0.39, 0.29) is 18.3 Å². The van der Waals surface area contributed by atoms with Crippen LogP contribution in [0.25, 0.3) is 0 Å². The summed E-state index contributed by atoms with van der Waals surface area (Å²) in [5.74, 6) is 0.539. The number of hydrogen-bond donors (Lipinski definition) is 1. The monoisotopic (exact) mass is 345 g/mol. The zero-order chi connectivity index (χ0) is 17.2. The summed E-state index contributed by atoms with van der Waals surface area (Å²) in [6.45, 7) is 1.88. The molecule has 0 aromatic heterocycles. The van der Waals surface area contributed by atoms with Gasteiger partial charge in [0, 0.05) is 5.69 Å². The first kappa shape index (κ1) is 16.5. The Kier molecular flexibility index (Phi) is 4.57. The normalized spacial score (nSPS) is 15.4. The summed E-state index contributed by atoms with van der Waals surface area (Å²) in [4.78, 5) is 12.4. The summed E-state index contributed by atoms with van der Waals surface area (Å²) in [5.41, 5.74) is 2.47. The van der Waals surface area contributed by atoms with Crippen molar-refractivity contribution < 1.29 is 17.9 Å². The van der Waals surface area contributed by atoms with E-state index in [0.717, 1.165) is 11.1 Å². The molecule has 3 rings (SSSR count). The van der Waals surface area contributed by atoms with Gasteiger partial charge < -0.3 is 10.1 Å². The van der Waals surface area contributed by atoms with Gasteiger partial charge >= 0.3 is 0 Å². The van der Waals surface area contributed by atoms with Gasteiger partial charge in [-0.05, 0) is 55.7 Å². The second-order valence-corrected chi connectivity index (χ2v) is 7.97. The van der Waals surface area contributed by atoms with Crippen LogP contribution in [-0.4, -0.2) is 26.7 Å². The molecule has 0 atom stereocenters. The van der Waals surface area contributed by atoms with Crippen LogP contribution in [0, 0.1) is 6.92 Å². The van der Waals surface area contributed by atoms with Crippen LogP contribution >= 0.6 is 0 Å². The van der Waals surface area contributed by atoms with Crippen LogP contribution in [0.4, 0.5) is 5.69 Å². The van der Waals surface area contributed by atoms with Crippen LogP contribution in [0.1, 0.15) is 17.5 Å². The van der Waals surface area contributed by atoms with E-state index in [0.29, 0.717) is 29.2 Å². The Hall–Kier alpha value is -2.34. The average molecular weight is 345 g/mol.